The van der Waals surface area contributed by atoms with Gasteiger partial charge in [-0.05, 0) is 62.1 Å². The molecule has 0 amide bonds. The number of benzene rings is 2. The summed E-state index contributed by atoms with van der Waals surface area (Å²) in [7, 11) is 0. The molecule has 0 fully saturated rings. The highest BCUT2D eigenvalue weighted by molar-refractivity contribution is 5.51. The molecular weight excluding hydrogens is 336 g/mol. The van der Waals surface area contributed by atoms with Crippen LogP contribution in [0.5, 0.6) is 11.5 Å². The van der Waals surface area contributed by atoms with E-state index in [2.05, 4.69) is 48.6 Å². The van der Waals surface area contributed by atoms with Crippen LogP contribution < -0.4 is 9.47 Å². The molecule has 0 N–H and O–H groups in total. The maximum Gasteiger partial charge on any atom is 0.119 e. The van der Waals surface area contributed by atoms with Gasteiger partial charge in [-0.2, -0.15) is 0 Å². The minimum atomic E-state index is 0.696. The first-order chi connectivity index (χ1) is 13.3. The zero-order valence-electron chi connectivity index (χ0n) is 16.4. The number of hydrogen-bond donors (Lipinski definition) is 0. The molecule has 3 heteroatoms. The van der Waals surface area contributed by atoms with Crippen LogP contribution in [0.3, 0.4) is 0 Å². The maximum absolute atomic E-state index is 5.67. The summed E-state index contributed by atoms with van der Waals surface area (Å²) in [4.78, 5) is 0. The van der Waals surface area contributed by atoms with E-state index in [9.17, 15) is 0 Å². The van der Waals surface area contributed by atoms with Crippen LogP contribution in [0.15, 0.2) is 60.7 Å². The van der Waals surface area contributed by atoms with E-state index in [-0.39, 0.29) is 0 Å². The van der Waals surface area contributed by atoms with Gasteiger partial charge in [0.25, 0.3) is 0 Å². The molecule has 0 saturated heterocycles. The number of hydrogen-bond acceptors (Lipinski definition) is 3. The van der Waals surface area contributed by atoms with Gasteiger partial charge in [0.1, 0.15) is 11.5 Å². The molecule has 0 aliphatic heterocycles. The fourth-order valence-electron chi connectivity index (χ4n) is 2.53. The van der Waals surface area contributed by atoms with Crippen LogP contribution in [-0.4, -0.2) is 26.4 Å². The first-order valence-corrected chi connectivity index (χ1v) is 9.68. The van der Waals surface area contributed by atoms with Crippen molar-refractivity contribution in [3.63, 3.8) is 0 Å². The van der Waals surface area contributed by atoms with Crippen molar-refractivity contribution in [2.75, 3.05) is 26.4 Å². The average Bonchev–Trinajstić information content (AvgIpc) is 2.69. The van der Waals surface area contributed by atoms with Gasteiger partial charge < -0.3 is 14.2 Å². The topological polar surface area (TPSA) is 27.7 Å². The van der Waals surface area contributed by atoms with Crippen LogP contribution in [0.4, 0.5) is 0 Å². The van der Waals surface area contributed by atoms with Crippen LogP contribution >= 0.6 is 0 Å². The lowest BCUT2D eigenvalue weighted by molar-refractivity contribution is 0.143. The normalized spacial score (nSPS) is 11.3. The number of ether oxygens (including phenoxy) is 3. The SMILES string of the molecule is CCOc1ccc(C=CCCOCCC=Cc2ccc(OCC)cc2)cc1. The molecule has 3 nitrogen and oxygen atoms in total. The van der Waals surface area contributed by atoms with Gasteiger partial charge >= 0.3 is 0 Å². The fraction of sp³-hybridized carbons (Fsp3) is 0.333. The lowest BCUT2D eigenvalue weighted by Gasteiger charge is -2.03. The van der Waals surface area contributed by atoms with Crippen LogP contribution in [-0.2, 0) is 4.74 Å². The van der Waals surface area contributed by atoms with E-state index in [1.54, 1.807) is 0 Å². The summed E-state index contributed by atoms with van der Waals surface area (Å²) in [5, 5.41) is 0. The van der Waals surface area contributed by atoms with Gasteiger partial charge in [0.15, 0.2) is 0 Å². The Balaban J connectivity index is 1.56. The van der Waals surface area contributed by atoms with Gasteiger partial charge in [-0.15, -0.1) is 0 Å². The van der Waals surface area contributed by atoms with Crippen LogP contribution in [0.2, 0.25) is 0 Å². The molecule has 0 aromatic heterocycles. The molecule has 0 heterocycles. The Morgan fingerprint density at radius 1 is 0.630 bits per heavy atom. The Labute approximate surface area is 163 Å². The van der Waals surface area contributed by atoms with Crippen LogP contribution in [0.1, 0.15) is 37.8 Å². The lowest BCUT2D eigenvalue weighted by atomic mass is 10.2. The highest BCUT2D eigenvalue weighted by atomic mass is 16.5. The minimum Gasteiger partial charge on any atom is -0.494 e. The second kappa shape index (κ2) is 12.8. The van der Waals surface area contributed by atoms with E-state index in [0.29, 0.717) is 13.2 Å². The Bertz CT molecular complexity index is 623. The van der Waals surface area contributed by atoms with E-state index in [1.807, 2.05) is 38.1 Å². The zero-order chi connectivity index (χ0) is 19.2. The maximum atomic E-state index is 5.67. The molecule has 0 saturated carbocycles. The van der Waals surface area contributed by atoms with Gasteiger partial charge in [0, 0.05) is 0 Å². The first-order valence-electron chi connectivity index (χ1n) is 9.68. The zero-order valence-corrected chi connectivity index (χ0v) is 16.4. The minimum absolute atomic E-state index is 0.696. The van der Waals surface area contributed by atoms with Crippen molar-refractivity contribution < 1.29 is 14.2 Å². The smallest absolute Gasteiger partial charge is 0.119 e. The summed E-state index contributed by atoms with van der Waals surface area (Å²) in [6.45, 7) is 6.85. The third kappa shape index (κ3) is 8.61. The average molecular weight is 367 g/mol. The van der Waals surface area contributed by atoms with E-state index in [4.69, 9.17) is 14.2 Å². The Hall–Kier alpha value is -2.52. The molecule has 0 unspecified atom stereocenters. The highest BCUT2D eigenvalue weighted by Gasteiger charge is 1.93. The molecule has 0 atom stereocenters. The van der Waals surface area contributed by atoms with Crippen molar-refractivity contribution >= 4 is 12.2 Å². The summed E-state index contributed by atoms with van der Waals surface area (Å²) < 4.78 is 16.5. The summed E-state index contributed by atoms with van der Waals surface area (Å²) >= 11 is 0. The molecule has 0 bridgehead atoms. The molecule has 27 heavy (non-hydrogen) atoms. The van der Waals surface area contributed by atoms with E-state index < -0.39 is 0 Å². The lowest BCUT2D eigenvalue weighted by Crippen LogP contribution is -1.94. The van der Waals surface area contributed by atoms with Crippen LogP contribution in [0.25, 0.3) is 12.2 Å². The molecular formula is C24H30O3. The van der Waals surface area contributed by atoms with Gasteiger partial charge in [-0.3, -0.25) is 0 Å². The number of rotatable bonds is 12. The Morgan fingerprint density at radius 3 is 1.41 bits per heavy atom. The van der Waals surface area contributed by atoms with E-state index in [0.717, 1.165) is 37.6 Å². The third-order valence-corrected chi connectivity index (χ3v) is 3.86. The van der Waals surface area contributed by atoms with Crippen molar-refractivity contribution in [2.45, 2.75) is 26.7 Å². The van der Waals surface area contributed by atoms with Gasteiger partial charge in [-0.1, -0.05) is 48.6 Å². The summed E-state index contributed by atoms with van der Waals surface area (Å²) in [5.74, 6) is 1.83. The van der Waals surface area contributed by atoms with Crippen molar-refractivity contribution in [3.05, 3.63) is 71.8 Å². The molecule has 0 radical (unpaired) electrons. The molecule has 2 rings (SSSR count). The molecule has 2 aromatic carbocycles. The fourth-order valence-corrected chi connectivity index (χ4v) is 2.53. The summed E-state index contributed by atoms with van der Waals surface area (Å²) in [5.41, 5.74) is 2.36. The standard InChI is InChI=1S/C24H30O3/c1-3-26-23-15-11-21(12-16-23)9-5-7-19-25-20-8-6-10-22-13-17-24(18-14-22)27-4-2/h5-6,9-18H,3-4,7-8,19-20H2,1-2H3. The highest BCUT2D eigenvalue weighted by Crippen LogP contribution is 2.14. The molecule has 0 spiro atoms. The largest absolute Gasteiger partial charge is 0.494 e. The second-order valence-electron chi connectivity index (χ2n) is 6.00. The van der Waals surface area contributed by atoms with Crippen molar-refractivity contribution in [1.82, 2.24) is 0 Å². The first kappa shape index (κ1) is 20.8. The van der Waals surface area contributed by atoms with E-state index >= 15 is 0 Å². The summed E-state index contributed by atoms with van der Waals surface area (Å²) in [6, 6.07) is 16.2. The molecule has 0 aliphatic rings. The monoisotopic (exact) mass is 366 g/mol. The van der Waals surface area contributed by atoms with Crippen molar-refractivity contribution in [2.24, 2.45) is 0 Å². The molecule has 2 aromatic rings. The van der Waals surface area contributed by atoms with Gasteiger partial charge in [-0.25, -0.2) is 0 Å². The Morgan fingerprint density at radius 2 is 1.04 bits per heavy atom. The quantitative estimate of drug-likeness (QED) is 0.431. The van der Waals surface area contributed by atoms with Crippen molar-refractivity contribution in [3.8, 4) is 11.5 Å². The van der Waals surface area contributed by atoms with Crippen molar-refractivity contribution in [1.29, 1.82) is 0 Å². The van der Waals surface area contributed by atoms with Crippen LogP contribution in [0, 0.1) is 0 Å². The third-order valence-electron chi connectivity index (χ3n) is 3.86. The van der Waals surface area contributed by atoms with Gasteiger partial charge in [0.2, 0.25) is 0 Å². The Kier molecular flexibility index (Phi) is 9.83. The molecule has 144 valence electrons. The predicted octanol–water partition coefficient (Wildman–Crippen LogP) is 6.01. The van der Waals surface area contributed by atoms with Gasteiger partial charge in [0.05, 0.1) is 26.4 Å². The predicted molar refractivity (Wildman–Crippen MR) is 113 cm³/mol. The molecule has 0 aliphatic carbocycles. The second-order valence-corrected chi connectivity index (χ2v) is 6.00. The summed E-state index contributed by atoms with van der Waals surface area (Å²) in [6.07, 6.45) is 10.3. The van der Waals surface area contributed by atoms with E-state index in [1.165, 1.54) is 11.1 Å².